The molecule has 29 heavy (non-hydrogen) atoms. The first-order valence-electron chi connectivity index (χ1n) is 9.73. The molecule has 2 fully saturated rings. The van der Waals surface area contributed by atoms with Crippen molar-refractivity contribution in [1.82, 2.24) is 20.1 Å². The first kappa shape index (κ1) is 18.1. The summed E-state index contributed by atoms with van der Waals surface area (Å²) in [6.45, 7) is 0. The third-order valence-corrected chi connectivity index (χ3v) is 5.92. The van der Waals surface area contributed by atoms with E-state index in [9.17, 15) is 14.3 Å². The highest BCUT2D eigenvalue weighted by Crippen LogP contribution is 2.33. The summed E-state index contributed by atoms with van der Waals surface area (Å²) in [4.78, 5) is 12.4. The molecule has 2 aliphatic rings. The SMILES string of the molecule is Cn1ccc2cc(O)c(-c3ccc(O[C@H]4C[C@@H]5CC[C@@H](N5)[C@H]4F)nn3)cc2c1=O. The zero-order valence-corrected chi connectivity index (χ0v) is 15.9. The molecule has 0 unspecified atom stereocenters. The lowest BCUT2D eigenvalue weighted by molar-refractivity contribution is 0.0422. The Balaban J connectivity index is 1.42. The Hall–Kier alpha value is -3.00. The molecule has 150 valence electrons. The molecular formula is C21H21FN4O3. The molecule has 2 saturated heterocycles. The molecule has 7 nitrogen and oxygen atoms in total. The molecule has 2 bridgehead atoms. The van der Waals surface area contributed by atoms with Gasteiger partial charge in [0.1, 0.15) is 11.9 Å². The van der Waals surface area contributed by atoms with Crippen molar-refractivity contribution < 1.29 is 14.2 Å². The summed E-state index contributed by atoms with van der Waals surface area (Å²) in [5, 5.41) is 23.0. The lowest BCUT2D eigenvalue weighted by Crippen LogP contribution is -2.51. The van der Waals surface area contributed by atoms with Gasteiger partial charge in [-0.1, -0.05) is 0 Å². The van der Waals surface area contributed by atoms with Gasteiger partial charge in [0.05, 0.1) is 5.69 Å². The number of hydrogen-bond donors (Lipinski definition) is 2. The van der Waals surface area contributed by atoms with Crippen molar-refractivity contribution >= 4 is 10.8 Å². The van der Waals surface area contributed by atoms with E-state index in [4.69, 9.17) is 4.74 Å². The van der Waals surface area contributed by atoms with Gasteiger partial charge in [-0.15, -0.1) is 10.2 Å². The monoisotopic (exact) mass is 396 g/mol. The zero-order valence-electron chi connectivity index (χ0n) is 15.9. The van der Waals surface area contributed by atoms with Crippen molar-refractivity contribution in [2.75, 3.05) is 0 Å². The fraction of sp³-hybridized carbons (Fsp3) is 0.381. The van der Waals surface area contributed by atoms with Crippen molar-refractivity contribution in [3.63, 3.8) is 0 Å². The largest absolute Gasteiger partial charge is 0.507 e. The van der Waals surface area contributed by atoms with Crippen LogP contribution in [0, 0.1) is 0 Å². The highest BCUT2D eigenvalue weighted by atomic mass is 19.1. The summed E-state index contributed by atoms with van der Waals surface area (Å²) in [6, 6.07) is 8.33. The molecule has 2 N–H and O–H groups in total. The van der Waals surface area contributed by atoms with E-state index in [0.29, 0.717) is 34.5 Å². The molecule has 0 saturated carbocycles. The smallest absolute Gasteiger partial charge is 0.258 e. The summed E-state index contributed by atoms with van der Waals surface area (Å²) >= 11 is 0. The minimum atomic E-state index is -1.07. The normalized spacial score (nSPS) is 26.0. The minimum Gasteiger partial charge on any atom is -0.507 e. The average Bonchev–Trinajstić information content (AvgIpc) is 3.13. The molecule has 5 rings (SSSR count). The van der Waals surface area contributed by atoms with Gasteiger partial charge in [0.15, 0.2) is 6.17 Å². The van der Waals surface area contributed by atoms with Gasteiger partial charge in [0.25, 0.3) is 5.56 Å². The molecular weight excluding hydrogens is 375 g/mol. The lowest BCUT2D eigenvalue weighted by Gasteiger charge is -2.32. The molecule has 0 radical (unpaired) electrons. The van der Waals surface area contributed by atoms with Crippen LogP contribution in [0.2, 0.25) is 0 Å². The lowest BCUT2D eigenvalue weighted by atomic mass is 10.0. The zero-order chi connectivity index (χ0) is 20.1. The van der Waals surface area contributed by atoms with Crippen LogP contribution in [0.1, 0.15) is 19.3 Å². The molecule has 2 aromatic heterocycles. The third-order valence-electron chi connectivity index (χ3n) is 5.92. The van der Waals surface area contributed by atoms with Crippen molar-refractivity contribution in [2.45, 2.75) is 43.6 Å². The van der Waals surface area contributed by atoms with Crippen molar-refractivity contribution in [2.24, 2.45) is 7.05 Å². The van der Waals surface area contributed by atoms with Crippen LogP contribution in [-0.2, 0) is 7.05 Å². The van der Waals surface area contributed by atoms with Crippen LogP contribution in [0.4, 0.5) is 4.39 Å². The van der Waals surface area contributed by atoms with Crippen LogP contribution >= 0.6 is 0 Å². The van der Waals surface area contributed by atoms with Gasteiger partial charge >= 0.3 is 0 Å². The Morgan fingerprint density at radius 3 is 2.90 bits per heavy atom. The predicted molar refractivity (Wildman–Crippen MR) is 106 cm³/mol. The summed E-state index contributed by atoms with van der Waals surface area (Å²) in [6.07, 6.45) is 2.45. The number of rotatable bonds is 3. The van der Waals surface area contributed by atoms with Gasteiger partial charge in [-0.05, 0) is 42.5 Å². The third kappa shape index (κ3) is 3.13. The fourth-order valence-electron chi connectivity index (χ4n) is 4.33. The summed E-state index contributed by atoms with van der Waals surface area (Å²) < 4.78 is 21.8. The number of pyridine rings is 1. The number of benzene rings is 1. The number of aromatic hydroxyl groups is 1. The standard InChI is InChI=1S/C21H21FN4O3/c1-26-7-6-11-8-17(27)14(10-13(11)21(26)28)15-4-5-19(25-24-15)29-18-9-12-2-3-16(23-12)20(18)22/h4-8,10,12,16,18,20,23,27H,2-3,9H2,1H3/t12-,16+,18-,20+/m0/s1. The number of nitrogens with one attached hydrogen (secondary N) is 1. The van der Waals surface area contributed by atoms with Crippen molar-refractivity contribution in [3.05, 3.63) is 46.9 Å². The maximum atomic E-state index is 14.5. The summed E-state index contributed by atoms with van der Waals surface area (Å²) in [5.41, 5.74) is 0.652. The van der Waals surface area contributed by atoms with Gasteiger partial charge in [-0.3, -0.25) is 4.79 Å². The molecule has 0 spiro atoms. The van der Waals surface area contributed by atoms with Gasteiger partial charge in [0, 0.05) is 48.8 Å². The number of aryl methyl sites for hydroxylation is 1. The van der Waals surface area contributed by atoms with Gasteiger partial charge < -0.3 is 19.7 Å². The van der Waals surface area contributed by atoms with E-state index in [-0.39, 0.29) is 23.2 Å². The van der Waals surface area contributed by atoms with Crippen molar-refractivity contribution in [1.29, 1.82) is 0 Å². The number of phenols is 1. The van der Waals surface area contributed by atoms with E-state index in [0.717, 1.165) is 12.8 Å². The molecule has 1 aromatic carbocycles. The average molecular weight is 396 g/mol. The van der Waals surface area contributed by atoms with E-state index in [1.165, 1.54) is 10.6 Å². The first-order chi connectivity index (χ1) is 14.0. The van der Waals surface area contributed by atoms with Crippen LogP contribution in [0.5, 0.6) is 11.6 Å². The Labute approximate surface area is 166 Å². The highest BCUT2D eigenvalue weighted by Gasteiger charge is 2.43. The maximum absolute atomic E-state index is 14.5. The second-order valence-electron chi connectivity index (χ2n) is 7.83. The topological polar surface area (TPSA) is 89.3 Å². The summed E-state index contributed by atoms with van der Waals surface area (Å²) in [5.74, 6) is 0.256. The number of aromatic nitrogens is 3. The number of piperidine rings is 1. The van der Waals surface area contributed by atoms with Gasteiger partial charge in [0.2, 0.25) is 5.88 Å². The quantitative estimate of drug-likeness (QED) is 0.706. The Morgan fingerprint density at radius 2 is 2.10 bits per heavy atom. The van der Waals surface area contributed by atoms with Gasteiger partial charge in [-0.25, -0.2) is 4.39 Å². The molecule has 0 amide bonds. The molecule has 0 aliphatic carbocycles. The maximum Gasteiger partial charge on any atom is 0.258 e. The van der Waals surface area contributed by atoms with E-state index in [1.54, 1.807) is 37.5 Å². The molecule has 4 heterocycles. The number of nitrogens with zero attached hydrogens (tertiary/aromatic N) is 3. The van der Waals surface area contributed by atoms with Crippen LogP contribution < -0.4 is 15.6 Å². The number of alkyl halides is 1. The number of phenolic OH excluding ortho intramolecular Hbond substituents is 1. The van der Waals surface area contributed by atoms with Crippen LogP contribution in [-0.4, -0.2) is 44.2 Å². The fourth-order valence-corrected chi connectivity index (χ4v) is 4.33. The second kappa shape index (κ2) is 6.81. The van der Waals surface area contributed by atoms with Crippen LogP contribution in [0.25, 0.3) is 22.0 Å². The molecule has 4 atom stereocenters. The Bertz CT molecular complexity index is 1130. The highest BCUT2D eigenvalue weighted by molar-refractivity contribution is 5.89. The number of ether oxygens (including phenoxy) is 1. The second-order valence-corrected chi connectivity index (χ2v) is 7.83. The molecule has 2 aliphatic heterocycles. The first-order valence-corrected chi connectivity index (χ1v) is 9.73. The Morgan fingerprint density at radius 1 is 1.24 bits per heavy atom. The molecule has 8 heteroatoms. The predicted octanol–water partition coefficient (Wildman–Crippen LogP) is 2.31. The van der Waals surface area contributed by atoms with E-state index in [1.807, 2.05) is 0 Å². The number of halogens is 1. The Kier molecular flexibility index (Phi) is 4.24. The molecule has 3 aromatic rings. The van der Waals surface area contributed by atoms with Crippen LogP contribution in [0.15, 0.2) is 41.3 Å². The van der Waals surface area contributed by atoms with Gasteiger partial charge in [-0.2, -0.15) is 0 Å². The van der Waals surface area contributed by atoms with E-state index in [2.05, 4.69) is 15.5 Å². The minimum absolute atomic E-state index is 0.00692. The number of hydrogen-bond acceptors (Lipinski definition) is 6. The number of fused-ring (bicyclic) bond motifs is 3. The van der Waals surface area contributed by atoms with Crippen LogP contribution in [0.3, 0.4) is 0 Å². The summed E-state index contributed by atoms with van der Waals surface area (Å²) in [7, 11) is 1.67. The van der Waals surface area contributed by atoms with E-state index < -0.39 is 12.3 Å². The van der Waals surface area contributed by atoms with Crippen molar-refractivity contribution in [3.8, 4) is 22.9 Å². The van der Waals surface area contributed by atoms with E-state index >= 15 is 0 Å².